The molecule has 0 aromatic carbocycles. The van der Waals surface area contributed by atoms with Crippen LogP contribution in [0.15, 0.2) is 12.4 Å². The zero-order chi connectivity index (χ0) is 19.6. The van der Waals surface area contributed by atoms with Crippen molar-refractivity contribution in [1.82, 2.24) is 24.8 Å². The van der Waals surface area contributed by atoms with Gasteiger partial charge in [-0.25, -0.2) is 4.98 Å². The Morgan fingerprint density at radius 1 is 0.931 bits per heavy atom. The van der Waals surface area contributed by atoms with E-state index in [0.717, 1.165) is 56.5 Å². The number of amides is 1. The third kappa shape index (κ3) is 3.91. The summed E-state index contributed by atoms with van der Waals surface area (Å²) in [5, 5.41) is 0. The highest BCUT2D eigenvalue weighted by Crippen LogP contribution is 2.35. The number of carbonyl (C=O) groups is 1. The van der Waals surface area contributed by atoms with Crippen LogP contribution in [0.25, 0.3) is 11.2 Å². The van der Waals surface area contributed by atoms with Gasteiger partial charge in [0, 0.05) is 55.1 Å². The quantitative estimate of drug-likeness (QED) is 0.854. The normalized spacial score (nSPS) is 22.6. The average Bonchev–Trinajstić information content (AvgIpc) is 2.87. The maximum absolute atomic E-state index is 12.6. The minimum atomic E-state index is 0.312. The van der Waals surface area contributed by atoms with E-state index in [1.165, 1.54) is 56.5 Å². The predicted molar refractivity (Wildman–Crippen MR) is 114 cm³/mol. The predicted octanol–water partition coefficient (Wildman–Crippen LogP) is 3.84. The average molecular weight is 396 g/mol. The van der Waals surface area contributed by atoms with Crippen LogP contribution in [0.2, 0.25) is 0 Å². The largest absolute Gasteiger partial charge is 0.342 e. The van der Waals surface area contributed by atoms with Crippen molar-refractivity contribution in [3.63, 3.8) is 0 Å². The molecule has 2 aliphatic heterocycles. The SMILES string of the molecule is O=C(C1CCC1)N1CCC(c2[nH]c3nccnc3c2CN2CCCCCC2)CC1. The van der Waals surface area contributed by atoms with E-state index in [1.54, 1.807) is 6.20 Å². The number of likely N-dealkylation sites (tertiary alicyclic amines) is 2. The fourth-order valence-electron chi connectivity index (χ4n) is 5.31. The molecular weight excluding hydrogens is 362 g/mol. The Bertz CT molecular complexity index is 842. The van der Waals surface area contributed by atoms with Gasteiger partial charge in [-0.3, -0.25) is 14.7 Å². The van der Waals surface area contributed by atoms with E-state index in [1.807, 2.05) is 6.20 Å². The number of piperidine rings is 1. The summed E-state index contributed by atoms with van der Waals surface area (Å²) >= 11 is 0. The molecule has 0 radical (unpaired) electrons. The van der Waals surface area contributed by atoms with Crippen LogP contribution in [-0.2, 0) is 11.3 Å². The number of rotatable bonds is 4. The maximum atomic E-state index is 12.6. The molecule has 6 heteroatoms. The first kappa shape index (κ1) is 19.0. The Balaban J connectivity index is 1.34. The third-order valence-corrected chi connectivity index (χ3v) is 7.31. The van der Waals surface area contributed by atoms with Gasteiger partial charge in [-0.15, -0.1) is 0 Å². The molecule has 1 amide bonds. The third-order valence-electron chi connectivity index (χ3n) is 7.31. The highest BCUT2D eigenvalue weighted by Gasteiger charge is 2.33. The van der Waals surface area contributed by atoms with Crippen molar-refractivity contribution in [2.75, 3.05) is 26.2 Å². The minimum absolute atomic E-state index is 0.312. The number of H-pyrrole nitrogens is 1. The molecule has 3 aliphatic rings. The van der Waals surface area contributed by atoms with Crippen LogP contribution >= 0.6 is 0 Å². The lowest BCUT2D eigenvalue weighted by Crippen LogP contribution is -2.43. The van der Waals surface area contributed by atoms with E-state index >= 15 is 0 Å². The van der Waals surface area contributed by atoms with E-state index < -0.39 is 0 Å². The Morgan fingerprint density at radius 3 is 2.34 bits per heavy atom. The lowest BCUT2D eigenvalue weighted by Gasteiger charge is -2.36. The van der Waals surface area contributed by atoms with Crippen molar-refractivity contribution in [1.29, 1.82) is 0 Å². The standard InChI is InChI=1S/C23H33N5O/c29-23(18-6-5-7-18)28-14-8-17(9-15-28)20-19(16-27-12-3-1-2-4-13-27)21-22(26-20)25-11-10-24-21/h10-11,17-18H,1-9,12-16H2,(H,25,26). The molecule has 1 aliphatic carbocycles. The smallest absolute Gasteiger partial charge is 0.225 e. The van der Waals surface area contributed by atoms with Gasteiger partial charge in [0.25, 0.3) is 0 Å². The van der Waals surface area contributed by atoms with E-state index in [4.69, 9.17) is 0 Å². The Labute approximate surface area is 173 Å². The Hall–Kier alpha value is -1.95. The zero-order valence-corrected chi connectivity index (χ0v) is 17.4. The molecule has 0 unspecified atom stereocenters. The van der Waals surface area contributed by atoms with Crippen LogP contribution < -0.4 is 0 Å². The summed E-state index contributed by atoms with van der Waals surface area (Å²) in [6, 6.07) is 0. The van der Waals surface area contributed by atoms with Gasteiger partial charge in [-0.2, -0.15) is 0 Å². The van der Waals surface area contributed by atoms with Gasteiger partial charge in [-0.05, 0) is 51.6 Å². The summed E-state index contributed by atoms with van der Waals surface area (Å²) in [6.45, 7) is 5.11. The monoisotopic (exact) mass is 395 g/mol. The number of hydrogen-bond donors (Lipinski definition) is 1. The number of aromatic amines is 1. The summed E-state index contributed by atoms with van der Waals surface area (Å²) in [7, 11) is 0. The van der Waals surface area contributed by atoms with Gasteiger partial charge >= 0.3 is 0 Å². The van der Waals surface area contributed by atoms with Gasteiger partial charge in [0.2, 0.25) is 5.91 Å². The van der Waals surface area contributed by atoms with Crippen LogP contribution in [0, 0.1) is 5.92 Å². The number of nitrogens with one attached hydrogen (secondary N) is 1. The van der Waals surface area contributed by atoms with Gasteiger partial charge in [0.05, 0.1) is 0 Å². The molecule has 0 spiro atoms. The number of hydrogen-bond acceptors (Lipinski definition) is 4. The molecule has 4 heterocycles. The topological polar surface area (TPSA) is 65.1 Å². The molecule has 5 rings (SSSR count). The summed E-state index contributed by atoms with van der Waals surface area (Å²) < 4.78 is 0. The van der Waals surface area contributed by atoms with Crippen LogP contribution in [-0.4, -0.2) is 56.8 Å². The first-order valence-electron chi connectivity index (χ1n) is 11.6. The van der Waals surface area contributed by atoms with Crippen molar-refractivity contribution >= 4 is 17.1 Å². The highest BCUT2D eigenvalue weighted by molar-refractivity contribution is 5.80. The molecule has 6 nitrogen and oxygen atoms in total. The summed E-state index contributed by atoms with van der Waals surface area (Å²) in [5.74, 6) is 1.18. The molecule has 0 atom stereocenters. The molecule has 156 valence electrons. The maximum Gasteiger partial charge on any atom is 0.225 e. The Kier molecular flexibility index (Phi) is 5.53. The number of carbonyl (C=O) groups excluding carboxylic acids is 1. The van der Waals surface area contributed by atoms with E-state index in [2.05, 4.69) is 24.8 Å². The molecule has 1 N–H and O–H groups in total. The molecule has 3 fully saturated rings. The van der Waals surface area contributed by atoms with Gasteiger partial charge in [0.1, 0.15) is 5.52 Å². The first-order valence-corrected chi connectivity index (χ1v) is 11.6. The fourth-order valence-corrected chi connectivity index (χ4v) is 5.31. The van der Waals surface area contributed by atoms with Crippen LogP contribution in [0.3, 0.4) is 0 Å². The van der Waals surface area contributed by atoms with Crippen molar-refractivity contribution in [3.05, 3.63) is 23.7 Å². The molecular formula is C23H33N5O. The highest BCUT2D eigenvalue weighted by atomic mass is 16.2. The molecule has 0 bridgehead atoms. The summed E-state index contributed by atoms with van der Waals surface area (Å²) in [4.78, 5) is 30.2. The first-order chi connectivity index (χ1) is 14.3. The van der Waals surface area contributed by atoms with Gasteiger partial charge in [0.15, 0.2) is 5.65 Å². The second-order valence-corrected chi connectivity index (χ2v) is 9.19. The molecule has 1 saturated carbocycles. The van der Waals surface area contributed by atoms with Crippen molar-refractivity contribution in [2.24, 2.45) is 5.92 Å². The van der Waals surface area contributed by atoms with Crippen LogP contribution in [0.4, 0.5) is 0 Å². The number of fused-ring (bicyclic) bond motifs is 1. The van der Waals surface area contributed by atoms with Crippen molar-refractivity contribution in [2.45, 2.75) is 70.3 Å². The van der Waals surface area contributed by atoms with Crippen LogP contribution in [0.1, 0.15) is 75.0 Å². The van der Waals surface area contributed by atoms with Gasteiger partial charge in [-0.1, -0.05) is 19.3 Å². The lowest BCUT2D eigenvalue weighted by atomic mass is 9.83. The second-order valence-electron chi connectivity index (χ2n) is 9.19. The van der Waals surface area contributed by atoms with Crippen molar-refractivity contribution in [3.8, 4) is 0 Å². The van der Waals surface area contributed by atoms with E-state index in [0.29, 0.717) is 17.7 Å². The lowest BCUT2D eigenvalue weighted by molar-refractivity contribution is -0.139. The van der Waals surface area contributed by atoms with E-state index in [9.17, 15) is 4.79 Å². The molecule has 2 aromatic rings. The fraction of sp³-hybridized carbons (Fsp3) is 0.696. The Morgan fingerprint density at radius 2 is 1.66 bits per heavy atom. The minimum Gasteiger partial charge on any atom is -0.342 e. The molecule has 29 heavy (non-hydrogen) atoms. The van der Waals surface area contributed by atoms with Gasteiger partial charge < -0.3 is 9.88 Å². The van der Waals surface area contributed by atoms with E-state index in [-0.39, 0.29) is 0 Å². The zero-order valence-electron chi connectivity index (χ0n) is 17.4. The number of nitrogens with zero attached hydrogens (tertiary/aromatic N) is 4. The second kappa shape index (κ2) is 8.42. The molecule has 2 aromatic heterocycles. The molecule has 2 saturated heterocycles. The van der Waals surface area contributed by atoms with Crippen LogP contribution in [0.5, 0.6) is 0 Å². The summed E-state index contributed by atoms with van der Waals surface area (Å²) in [6.07, 6.45) is 14.4. The summed E-state index contributed by atoms with van der Waals surface area (Å²) in [5.41, 5.74) is 4.63. The van der Waals surface area contributed by atoms with Crippen molar-refractivity contribution < 1.29 is 4.79 Å². The number of aromatic nitrogens is 3.